The van der Waals surface area contributed by atoms with Crippen molar-refractivity contribution < 1.29 is 14.4 Å². The van der Waals surface area contributed by atoms with Crippen LogP contribution in [-0.2, 0) is 14.4 Å². The number of carbonyl (C=O) groups excluding carboxylic acids is 3. The minimum Gasteiger partial charge on any atom is -0.345 e. The number of nitrogens with one attached hydrogen (secondary N) is 2. The molecule has 1 fully saturated rings. The lowest BCUT2D eigenvalue weighted by Crippen LogP contribution is -2.57. The fourth-order valence-corrected chi connectivity index (χ4v) is 4.79. The number of likely N-dealkylation sites (tertiary alicyclic amines) is 1. The van der Waals surface area contributed by atoms with Crippen LogP contribution in [-0.4, -0.2) is 64.1 Å². The minimum atomic E-state index is -0.586. The fourth-order valence-electron chi connectivity index (χ4n) is 3.72. The molecule has 8 heteroatoms. The lowest BCUT2D eigenvalue weighted by Gasteiger charge is -2.33. The van der Waals surface area contributed by atoms with Gasteiger partial charge in [0.15, 0.2) is 0 Å². The van der Waals surface area contributed by atoms with Gasteiger partial charge in [-0.2, -0.15) is 0 Å². The number of hydrogen-bond acceptors (Lipinski definition) is 5. The quantitative estimate of drug-likeness (QED) is 0.671. The SMILES string of the molecule is CC(=O)N[C@@H](CC(C)C)C(=O)N1CCC[C@H]1C(=O)NC(C)(C)C1=NCCCS1. The number of rotatable bonds is 7. The van der Waals surface area contributed by atoms with E-state index in [2.05, 4.69) is 15.6 Å². The van der Waals surface area contributed by atoms with E-state index in [9.17, 15) is 14.4 Å². The average Bonchev–Trinajstić information content (AvgIpc) is 3.10. The third-order valence-electron chi connectivity index (χ3n) is 4.99. The molecule has 0 spiro atoms. The van der Waals surface area contributed by atoms with E-state index < -0.39 is 17.6 Å². The zero-order chi connectivity index (χ0) is 20.9. The lowest BCUT2D eigenvalue weighted by molar-refractivity contribution is -0.141. The highest BCUT2D eigenvalue weighted by Crippen LogP contribution is 2.25. The van der Waals surface area contributed by atoms with Crippen molar-refractivity contribution in [2.24, 2.45) is 10.9 Å². The van der Waals surface area contributed by atoms with Crippen LogP contribution in [0.2, 0.25) is 0 Å². The summed E-state index contributed by atoms with van der Waals surface area (Å²) in [5.74, 6) is 0.739. The number of nitrogens with zero attached hydrogens (tertiary/aromatic N) is 2. The number of carbonyl (C=O) groups is 3. The molecule has 0 bridgehead atoms. The largest absolute Gasteiger partial charge is 0.345 e. The first kappa shape index (κ1) is 22.7. The highest BCUT2D eigenvalue weighted by molar-refractivity contribution is 8.14. The van der Waals surface area contributed by atoms with Gasteiger partial charge >= 0.3 is 0 Å². The lowest BCUT2D eigenvalue weighted by atomic mass is 10.0. The normalized spacial score (nSPS) is 21.3. The number of hydrogen-bond donors (Lipinski definition) is 2. The standard InChI is InChI=1S/C20H34N4O3S/c1-13(2)12-15(22-14(3)25)18(27)24-10-6-8-16(24)17(26)23-20(4,5)19-21-9-7-11-28-19/h13,15-16H,6-12H2,1-5H3,(H,22,25)(H,23,26)/t15-,16-/m0/s1. The van der Waals surface area contributed by atoms with Crippen molar-refractivity contribution in [2.45, 2.75) is 77.9 Å². The Morgan fingerprint density at radius 2 is 2.00 bits per heavy atom. The molecule has 2 aliphatic rings. The number of aliphatic imine (C=N–C) groups is 1. The van der Waals surface area contributed by atoms with Gasteiger partial charge in [0.1, 0.15) is 12.1 Å². The molecular formula is C20H34N4O3S. The summed E-state index contributed by atoms with van der Waals surface area (Å²) in [5, 5.41) is 6.81. The Hall–Kier alpha value is -1.57. The van der Waals surface area contributed by atoms with Crippen molar-refractivity contribution in [3.8, 4) is 0 Å². The Labute approximate surface area is 172 Å². The first-order chi connectivity index (χ1) is 13.1. The molecule has 2 heterocycles. The Morgan fingerprint density at radius 3 is 2.57 bits per heavy atom. The van der Waals surface area contributed by atoms with E-state index in [0.29, 0.717) is 19.4 Å². The van der Waals surface area contributed by atoms with Crippen LogP contribution in [0.5, 0.6) is 0 Å². The predicted molar refractivity (Wildman–Crippen MR) is 113 cm³/mol. The second-order valence-electron chi connectivity index (χ2n) is 8.58. The summed E-state index contributed by atoms with van der Waals surface area (Å²) >= 11 is 1.69. The van der Waals surface area contributed by atoms with Gasteiger partial charge < -0.3 is 15.5 Å². The van der Waals surface area contributed by atoms with Gasteiger partial charge in [-0.15, -0.1) is 11.8 Å². The van der Waals surface area contributed by atoms with Crippen LogP contribution in [0.15, 0.2) is 4.99 Å². The third kappa shape index (κ3) is 5.96. The summed E-state index contributed by atoms with van der Waals surface area (Å²) in [6, 6.07) is -1.08. The zero-order valence-electron chi connectivity index (χ0n) is 17.7. The van der Waals surface area contributed by atoms with Crippen molar-refractivity contribution >= 4 is 34.5 Å². The van der Waals surface area contributed by atoms with E-state index >= 15 is 0 Å². The van der Waals surface area contributed by atoms with Crippen molar-refractivity contribution in [1.29, 1.82) is 0 Å². The van der Waals surface area contributed by atoms with Gasteiger partial charge in [-0.1, -0.05) is 13.8 Å². The summed E-state index contributed by atoms with van der Waals surface area (Å²) in [6.07, 6.45) is 3.04. The summed E-state index contributed by atoms with van der Waals surface area (Å²) in [4.78, 5) is 43.9. The van der Waals surface area contributed by atoms with Crippen LogP contribution in [0.25, 0.3) is 0 Å². The summed E-state index contributed by atoms with van der Waals surface area (Å²) in [5.41, 5.74) is -0.547. The van der Waals surface area contributed by atoms with E-state index in [1.54, 1.807) is 16.7 Å². The van der Waals surface area contributed by atoms with Crippen molar-refractivity contribution in [2.75, 3.05) is 18.8 Å². The van der Waals surface area contributed by atoms with E-state index in [1.807, 2.05) is 27.7 Å². The van der Waals surface area contributed by atoms with Crippen LogP contribution in [0.3, 0.4) is 0 Å². The van der Waals surface area contributed by atoms with Crippen molar-refractivity contribution in [1.82, 2.24) is 15.5 Å². The van der Waals surface area contributed by atoms with Crippen molar-refractivity contribution in [3.05, 3.63) is 0 Å². The van der Waals surface area contributed by atoms with E-state index in [4.69, 9.17) is 0 Å². The maximum Gasteiger partial charge on any atom is 0.245 e. The molecule has 0 aliphatic carbocycles. The highest BCUT2D eigenvalue weighted by Gasteiger charge is 2.40. The second-order valence-corrected chi connectivity index (χ2v) is 9.66. The summed E-state index contributed by atoms with van der Waals surface area (Å²) in [7, 11) is 0. The number of amides is 3. The third-order valence-corrected chi connectivity index (χ3v) is 6.39. The molecule has 0 unspecified atom stereocenters. The van der Waals surface area contributed by atoms with Gasteiger partial charge in [0.05, 0.1) is 10.6 Å². The molecule has 158 valence electrons. The predicted octanol–water partition coefficient (Wildman–Crippen LogP) is 1.96. The first-order valence-corrected chi connectivity index (χ1v) is 11.2. The topological polar surface area (TPSA) is 90.9 Å². The molecule has 28 heavy (non-hydrogen) atoms. The molecule has 2 rings (SSSR count). The van der Waals surface area contributed by atoms with Crippen LogP contribution in [0.1, 0.15) is 60.3 Å². The Balaban J connectivity index is 2.09. The smallest absolute Gasteiger partial charge is 0.245 e. The van der Waals surface area contributed by atoms with Gasteiger partial charge in [-0.05, 0) is 45.4 Å². The first-order valence-electron chi connectivity index (χ1n) is 10.2. The van der Waals surface area contributed by atoms with Crippen LogP contribution in [0, 0.1) is 5.92 Å². The molecule has 7 nitrogen and oxygen atoms in total. The van der Waals surface area contributed by atoms with Gasteiger partial charge in [-0.25, -0.2) is 0 Å². The Bertz CT molecular complexity index is 633. The molecule has 0 aromatic heterocycles. The van der Waals surface area contributed by atoms with Crippen LogP contribution >= 0.6 is 11.8 Å². The Morgan fingerprint density at radius 1 is 1.29 bits per heavy atom. The molecule has 0 aromatic rings. The van der Waals surface area contributed by atoms with Crippen LogP contribution in [0.4, 0.5) is 0 Å². The van der Waals surface area contributed by atoms with Gasteiger partial charge in [0.2, 0.25) is 17.7 Å². The number of thioether (sulfide) groups is 1. The van der Waals surface area contributed by atoms with E-state index in [1.165, 1.54) is 6.92 Å². The molecule has 2 aliphatic heterocycles. The minimum absolute atomic E-state index is 0.143. The Kier molecular flexibility index (Phi) is 7.92. The maximum absolute atomic E-state index is 13.1. The monoisotopic (exact) mass is 410 g/mol. The zero-order valence-corrected chi connectivity index (χ0v) is 18.5. The van der Waals surface area contributed by atoms with Gasteiger partial charge in [0, 0.05) is 25.8 Å². The summed E-state index contributed by atoms with van der Waals surface area (Å²) < 4.78 is 0. The highest BCUT2D eigenvalue weighted by atomic mass is 32.2. The average molecular weight is 411 g/mol. The molecule has 3 amide bonds. The van der Waals surface area contributed by atoms with Gasteiger partial charge in [-0.3, -0.25) is 19.4 Å². The molecule has 0 saturated carbocycles. The molecule has 2 N–H and O–H groups in total. The fraction of sp³-hybridized carbons (Fsp3) is 0.800. The second kappa shape index (κ2) is 9.76. The molecule has 0 radical (unpaired) electrons. The van der Waals surface area contributed by atoms with E-state index in [-0.39, 0.29) is 23.6 Å². The molecule has 0 aromatic carbocycles. The molecule has 2 atom stereocenters. The van der Waals surface area contributed by atoms with Crippen LogP contribution < -0.4 is 10.6 Å². The molecule has 1 saturated heterocycles. The van der Waals surface area contributed by atoms with Crippen molar-refractivity contribution in [3.63, 3.8) is 0 Å². The molecular weight excluding hydrogens is 376 g/mol. The maximum atomic E-state index is 13.1. The van der Waals surface area contributed by atoms with Gasteiger partial charge in [0.25, 0.3) is 0 Å². The van der Waals surface area contributed by atoms with E-state index in [0.717, 1.165) is 30.2 Å². The summed E-state index contributed by atoms with van der Waals surface area (Å²) in [6.45, 7) is 10.7.